The lowest BCUT2D eigenvalue weighted by molar-refractivity contribution is -0.116. The van der Waals surface area contributed by atoms with Gasteiger partial charge in [0.2, 0.25) is 5.91 Å². The second kappa shape index (κ2) is 7.25. The molecule has 2 aliphatic rings. The molecule has 1 N–H and O–H groups in total. The Morgan fingerprint density at radius 1 is 1.30 bits per heavy atom. The third kappa shape index (κ3) is 4.19. The van der Waals surface area contributed by atoms with E-state index in [0.717, 1.165) is 37.0 Å². The summed E-state index contributed by atoms with van der Waals surface area (Å²) >= 11 is 1.33. The van der Waals surface area contributed by atoms with Gasteiger partial charge in [-0.3, -0.25) is 9.59 Å². The van der Waals surface area contributed by atoms with Gasteiger partial charge in [-0.05, 0) is 36.6 Å². The fourth-order valence-electron chi connectivity index (χ4n) is 3.01. The molecule has 3 rings (SSSR count). The molecule has 1 aromatic carbocycles. The number of nitrogens with one attached hydrogen (secondary N) is 1. The van der Waals surface area contributed by atoms with Crippen molar-refractivity contribution in [1.82, 2.24) is 4.90 Å². The second-order valence-electron chi connectivity index (χ2n) is 6.29. The van der Waals surface area contributed by atoms with Gasteiger partial charge in [0, 0.05) is 49.7 Å². The Balaban J connectivity index is 1.47. The van der Waals surface area contributed by atoms with E-state index in [0.29, 0.717) is 13.0 Å². The van der Waals surface area contributed by atoms with Crippen LogP contribution in [0.3, 0.4) is 0 Å². The predicted molar refractivity (Wildman–Crippen MR) is 95.1 cm³/mol. The summed E-state index contributed by atoms with van der Waals surface area (Å²) in [6.45, 7) is 5.74. The zero-order chi connectivity index (χ0) is 16.2. The first-order chi connectivity index (χ1) is 11.1. The quantitative estimate of drug-likeness (QED) is 0.900. The molecule has 2 heterocycles. The summed E-state index contributed by atoms with van der Waals surface area (Å²) in [5.74, 6) is 1.54. The summed E-state index contributed by atoms with van der Waals surface area (Å²) in [4.78, 5) is 27.6. The van der Waals surface area contributed by atoms with Crippen molar-refractivity contribution in [3.05, 3.63) is 24.3 Å². The van der Waals surface area contributed by atoms with Crippen LogP contribution in [-0.4, -0.2) is 48.0 Å². The molecule has 2 saturated heterocycles. The molecule has 2 fully saturated rings. The number of rotatable bonds is 5. The molecule has 5 nitrogen and oxygen atoms in total. The van der Waals surface area contributed by atoms with Gasteiger partial charge < -0.3 is 15.1 Å². The summed E-state index contributed by atoms with van der Waals surface area (Å²) in [7, 11) is 0. The number of hydrogen-bond donors (Lipinski definition) is 1. The van der Waals surface area contributed by atoms with Crippen molar-refractivity contribution >= 4 is 34.3 Å². The smallest absolute Gasteiger partial charge is 0.281 e. The fourth-order valence-corrected chi connectivity index (χ4v) is 3.87. The Labute approximate surface area is 141 Å². The molecule has 124 valence electrons. The minimum atomic E-state index is -0.0442. The van der Waals surface area contributed by atoms with Crippen LogP contribution in [0.4, 0.5) is 16.2 Å². The van der Waals surface area contributed by atoms with Crippen molar-refractivity contribution in [3.8, 4) is 0 Å². The lowest BCUT2D eigenvalue weighted by atomic mass is 10.2. The van der Waals surface area contributed by atoms with Gasteiger partial charge in [0.05, 0.1) is 0 Å². The fraction of sp³-hybridized carbons (Fsp3) is 0.529. The highest BCUT2D eigenvalue weighted by Gasteiger charge is 2.21. The second-order valence-corrected chi connectivity index (χ2v) is 7.33. The van der Waals surface area contributed by atoms with Crippen LogP contribution in [0.1, 0.15) is 19.8 Å². The highest BCUT2D eigenvalue weighted by atomic mass is 32.2. The number of carbonyl (C=O) groups is 2. The average Bonchev–Trinajstić information content (AvgIpc) is 3.15. The van der Waals surface area contributed by atoms with E-state index in [1.165, 1.54) is 23.9 Å². The Morgan fingerprint density at radius 3 is 2.70 bits per heavy atom. The van der Waals surface area contributed by atoms with E-state index in [1.54, 1.807) is 4.90 Å². The number of benzene rings is 1. The van der Waals surface area contributed by atoms with E-state index < -0.39 is 0 Å². The third-order valence-electron chi connectivity index (χ3n) is 4.39. The SMILES string of the molecule is C[C@H]1CCN(c2ccc(NC(=O)CCN3CCSC3=O)cc2)C1. The topological polar surface area (TPSA) is 52.7 Å². The van der Waals surface area contributed by atoms with Gasteiger partial charge >= 0.3 is 0 Å². The number of nitrogens with zero attached hydrogens (tertiary/aromatic N) is 2. The summed E-state index contributed by atoms with van der Waals surface area (Å²) in [5.41, 5.74) is 2.03. The van der Waals surface area contributed by atoms with Gasteiger partial charge in [0.15, 0.2) is 0 Å². The van der Waals surface area contributed by atoms with Crippen LogP contribution >= 0.6 is 11.8 Å². The highest BCUT2D eigenvalue weighted by molar-refractivity contribution is 8.13. The molecule has 0 aromatic heterocycles. The molecule has 1 atom stereocenters. The molecule has 6 heteroatoms. The molecule has 23 heavy (non-hydrogen) atoms. The standard InChI is InChI=1S/C17H23N3O2S/c1-13-6-8-20(12-13)15-4-2-14(3-5-15)18-16(21)7-9-19-10-11-23-17(19)22/h2-5,13H,6-12H2,1H3,(H,18,21)/t13-/m0/s1. The Hall–Kier alpha value is -1.69. The minimum Gasteiger partial charge on any atom is -0.371 e. The minimum absolute atomic E-state index is 0.0442. The largest absolute Gasteiger partial charge is 0.371 e. The van der Waals surface area contributed by atoms with Gasteiger partial charge in [0.25, 0.3) is 5.24 Å². The molecule has 2 amide bonds. The molecule has 0 bridgehead atoms. The van der Waals surface area contributed by atoms with Gasteiger partial charge in [-0.1, -0.05) is 18.7 Å². The van der Waals surface area contributed by atoms with Crippen molar-refractivity contribution in [2.75, 3.05) is 42.1 Å². The Kier molecular flexibility index (Phi) is 5.10. The van der Waals surface area contributed by atoms with Crippen LogP contribution < -0.4 is 10.2 Å². The van der Waals surface area contributed by atoms with Crippen LogP contribution in [0, 0.1) is 5.92 Å². The summed E-state index contributed by atoms with van der Waals surface area (Å²) < 4.78 is 0. The van der Waals surface area contributed by atoms with Crippen molar-refractivity contribution in [3.63, 3.8) is 0 Å². The number of hydrogen-bond acceptors (Lipinski definition) is 4. The van der Waals surface area contributed by atoms with E-state index in [9.17, 15) is 9.59 Å². The van der Waals surface area contributed by atoms with Crippen LogP contribution in [-0.2, 0) is 4.79 Å². The third-order valence-corrected chi connectivity index (χ3v) is 5.29. The summed E-state index contributed by atoms with van der Waals surface area (Å²) in [6, 6.07) is 8.03. The molecule has 0 radical (unpaired) electrons. The molecular weight excluding hydrogens is 310 g/mol. The maximum Gasteiger partial charge on any atom is 0.281 e. The van der Waals surface area contributed by atoms with Gasteiger partial charge in [-0.2, -0.15) is 0 Å². The molecular formula is C17H23N3O2S. The first kappa shape index (κ1) is 16.2. The zero-order valence-corrected chi connectivity index (χ0v) is 14.3. The highest BCUT2D eigenvalue weighted by Crippen LogP contribution is 2.25. The van der Waals surface area contributed by atoms with E-state index in [-0.39, 0.29) is 11.1 Å². The molecule has 0 saturated carbocycles. The van der Waals surface area contributed by atoms with Crippen molar-refractivity contribution in [2.45, 2.75) is 19.8 Å². The number of carbonyl (C=O) groups excluding carboxylic acids is 2. The average molecular weight is 333 g/mol. The van der Waals surface area contributed by atoms with Crippen LogP contribution in [0.2, 0.25) is 0 Å². The van der Waals surface area contributed by atoms with Crippen LogP contribution in [0.25, 0.3) is 0 Å². The normalized spacial score (nSPS) is 21.1. The first-order valence-corrected chi connectivity index (χ1v) is 9.17. The van der Waals surface area contributed by atoms with E-state index >= 15 is 0 Å². The monoisotopic (exact) mass is 333 g/mol. The Morgan fingerprint density at radius 2 is 2.09 bits per heavy atom. The van der Waals surface area contributed by atoms with Crippen molar-refractivity contribution in [2.24, 2.45) is 5.92 Å². The van der Waals surface area contributed by atoms with Crippen LogP contribution in [0.5, 0.6) is 0 Å². The molecule has 0 aliphatic carbocycles. The van der Waals surface area contributed by atoms with Gasteiger partial charge in [-0.15, -0.1) is 0 Å². The predicted octanol–water partition coefficient (Wildman–Crippen LogP) is 3.03. The van der Waals surface area contributed by atoms with Crippen molar-refractivity contribution in [1.29, 1.82) is 0 Å². The molecule has 0 unspecified atom stereocenters. The summed E-state index contributed by atoms with van der Waals surface area (Å²) in [6.07, 6.45) is 1.59. The lowest BCUT2D eigenvalue weighted by Gasteiger charge is -2.18. The molecule has 2 aliphatic heterocycles. The zero-order valence-electron chi connectivity index (χ0n) is 13.5. The number of anilines is 2. The van der Waals surface area contributed by atoms with E-state index in [4.69, 9.17) is 0 Å². The molecule has 0 spiro atoms. The van der Waals surface area contributed by atoms with E-state index in [1.807, 2.05) is 12.1 Å². The first-order valence-electron chi connectivity index (χ1n) is 8.18. The van der Waals surface area contributed by atoms with Gasteiger partial charge in [0.1, 0.15) is 0 Å². The van der Waals surface area contributed by atoms with Gasteiger partial charge in [-0.25, -0.2) is 0 Å². The molecule has 1 aromatic rings. The number of amides is 2. The van der Waals surface area contributed by atoms with E-state index in [2.05, 4.69) is 29.3 Å². The lowest BCUT2D eigenvalue weighted by Crippen LogP contribution is -2.27. The number of thioether (sulfide) groups is 1. The Bertz CT molecular complexity index is 576. The maximum atomic E-state index is 12.0. The van der Waals surface area contributed by atoms with Crippen LogP contribution in [0.15, 0.2) is 24.3 Å². The summed E-state index contributed by atoms with van der Waals surface area (Å²) in [5, 5.41) is 2.99. The van der Waals surface area contributed by atoms with Crippen molar-refractivity contribution < 1.29 is 9.59 Å². The maximum absolute atomic E-state index is 12.0.